The van der Waals surface area contributed by atoms with Crippen LogP contribution >= 0.6 is 0 Å². The van der Waals surface area contributed by atoms with Crippen LogP contribution in [-0.2, 0) is 7.05 Å². The minimum absolute atomic E-state index is 0.299. The van der Waals surface area contributed by atoms with Crippen LogP contribution in [-0.4, -0.2) is 16.7 Å². The highest BCUT2D eigenvalue weighted by atomic mass is 19.1. The number of fused-ring (bicyclic) bond motifs is 1. The summed E-state index contributed by atoms with van der Waals surface area (Å²) in [5.41, 5.74) is 0.982. The van der Waals surface area contributed by atoms with E-state index in [0.717, 1.165) is 0 Å². The second-order valence-corrected chi connectivity index (χ2v) is 4.34. The van der Waals surface area contributed by atoms with E-state index in [-0.39, 0.29) is 5.82 Å². The molecule has 20 heavy (non-hydrogen) atoms. The fraction of sp³-hybridized carbons (Fsp3) is 0.133. The van der Waals surface area contributed by atoms with Crippen molar-refractivity contribution < 1.29 is 13.9 Å². The Morgan fingerprint density at radius 3 is 2.60 bits per heavy atom. The molecular formula is C15H13FN2O2. The molecule has 0 bridgehead atoms. The number of benzene rings is 2. The molecule has 0 amide bonds. The lowest BCUT2D eigenvalue weighted by Gasteiger charge is -2.06. The van der Waals surface area contributed by atoms with Gasteiger partial charge in [-0.15, -0.1) is 0 Å². The molecular weight excluding hydrogens is 259 g/mol. The molecule has 3 rings (SSSR count). The summed E-state index contributed by atoms with van der Waals surface area (Å²) in [4.78, 5) is 4.19. The van der Waals surface area contributed by atoms with Crippen LogP contribution in [0.25, 0.3) is 11.0 Å². The van der Waals surface area contributed by atoms with Gasteiger partial charge in [0.05, 0.1) is 12.6 Å². The van der Waals surface area contributed by atoms with E-state index >= 15 is 0 Å². The quantitative estimate of drug-likeness (QED) is 0.732. The number of hydrogen-bond acceptors (Lipinski definition) is 3. The molecule has 102 valence electrons. The first-order chi connectivity index (χ1) is 9.69. The van der Waals surface area contributed by atoms with Crippen LogP contribution in [0.5, 0.6) is 17.5 Å². The predicted molar refractivity (Wildman–Crippen MR) is 73.7 cm³/mol. The van der Waals surface area contributed by atoms with Crippen molar-refractivity contribution in [1.29, 1.82) is 0 Å². The van der Waals surface area contributed by atoms with E-state index < -0.39 is 0 Å². The summed E-state index contributed by atoms with van der Waals surface area (Å²) >= 11 is 0. The zero-order chi connectivity index (χ0) is 14.1. The molecule has 0 unspecified atom stereocenters. The van der Waals surface area contributed by atoms with Gasteiger partial charge in [-0.1, -0.05) is 12.1 Å². The molecule has 5 heteroatoms. The van der Waals surface area contributed by atoms with Gasteiger partial charge in [0.2, 0.25) is 0 Å². The van der Waals surface area contributed by atoms with Crippen molar-refractivity contribution in [2.45, 2.75) is 0 Å². The second-order valence-electron chi connectivity index (χ2n) is 4.34. The standard InChI is InChI=1S/C15H13FN2O2/c1-18-13-8-4-7-12(16)14(13)17-15(18)20-11-6-3-5-10(9-11)19-2/h3-9H,1-2H3. The molecule has 0 saturated carbocycles. The molecule has 4 nitrogen and oxygen atoms in total. The van der Waals surface area contributed by atoms with Crippen LogP contribution in [0.4, 0.5) is 4.39 Å². The summed E-state index contributed by atoms with van der Waals surface area (Å²) in [6.45, 7) is 0. The van der Waals surface area contributed by atoms with Crippen LogP contribution in [0.15, 0.2) is 42.5 Å². The first kappa shape index (κ1) is 12.5. The number of methoxy groups -OCH3 is 1. The summed E-state index contributed by atoms with van der Waals surface area (Å²) in [5, 5.41) is 0. The normalized spacial score (nSPS) is 10.8. The van der Waals surface area contributed by atoms with E-state index in [1.54, 1.807) is 43.0 Å². The number of nitrogens with zero attached hydrogens (tertiary/aromatic N) is 2. The van der Waals surface area contributed by atoms with E-state index in [1.165, 1.54) is 6.07 Å². The molecule has 0 N–H and O–H groups in total. The number of aromatic nitrogens is 2. The molecule has 0 saturated heterocycles. The molecule has 0 fully saturated rings. The van der Waals surface area contributed by atoms with Crippen molar-refractivity contribution in [3.05, 3.63) is 48.3 Å². The number of hydrogen-bond donors (Lipinski definition) is 0. The van der Waals surface area contributed by atoms with Gasteiger partial charge in [0, 0.05) is 13.1 Å². The molecule has 0 aliphatic rings. The fourth-order valence-electron chi connectivity index (χ4n) is 2.02. The SMILES string of the molecule is COc1cccc(Oc2nc3c(F)cccc3n2C)c1. The smallest absolute Gasteiger partial charge is 0.302 e. The predicted octanol–water partition coefficient (Wildman–Crippen LogP) is 3.51. The molecule has 1 heterocycles. The van der Waals surface area contributed by atoms with Gasteiger partial charge in [0.1, 0.15) is 17.0 Å². The van der Waals surface area contributed by atoms with E-state index in [9.17, 15) is 4.39 Å². The van der Waals surface area contributed by atoms with Crippen molar-refractivity contribution >= 4 is 11.0 Å². The summed E-state index contributed by atoms with van der Waals surface area (Å²) in [6, 6.07) is 12.3. The lowest BCUT2D eigenvalue weighted by atomic mass is 10.3. The Balaban J connectivity index is 2.02. The molecule has 0 radical (unpaired) electrons. The van der Waals surface area contributed by atoms with E-state index in [1.807, 2.05) is 12.1 Å². The third-order valence-corrected chi connectivity index (χ3v) is 3.07. The Hall–Kier alpha value is -2.56. The fourth-order valence-corrected chi connectivity index (χ4v) is 2.02. The van der Waals surface area contributed by atoms with Crippen LogP contribution in [0.3, 0.4) is 0 Å². The lowest BCUT2D eigenvalue weighted by Crippen LogP contribution is -1.94. The first-order valence-corrected chi connectivity index (χ1v) is 6.12. The van der Waals surface area contributed by atoms with Crippen molar-refractivity contribution in [2.24, 2.45) is 7.05 Å². The Morgan fingerprint density at radius 2 is 1.85 bits per heavy atom. The van der Waals surface area contributed by atoms with Gasteiger partial charge in [-0.25, -0.2) is 4.39 Å². The molecule has 3 aromatic rings. The van der Waals surface area contributed by atoms with Crippen molar-refractivity contribution in [1.82, 2.24) is 9.55 Å². The second kappa shape index (κ2) is 4.85. The molecule has 0 aliphatic heterocycles. The van der Waals surface area contributed by atoms with Crippen LogP contribution in [0, 0.1) is 5.82 Å². The van der Waals surface area contributed by atoms with E-state index in [2.05, 4.69) is 4.98 Å². The highest BCUT2D eigenvalue weighted by Crippen LogP contribution is 2.27. The van der Waals surface area contributed by atoms with Gasteiger partial charge in [0.15, 0.2) is 5.82 Å². The summed E-state index contributed by atoms with van der Waals surface area (Å²) < 4.78 is 26.2. The van der Waals surface area contributed by atoms with Crippen molar-refractivity contribution in [3.8, 4) is 17.5 Å². The van der Waals surface area contributed by atoms with Gasteiger partial charge in [-0.2, -0.15) is 4.98 Å². The van der Waals surface area contributed by atoms with E-state index in [4.69, 9.17) is 9.47 Å². The molecule has 0 atom stereocenters. The van der Waals surface area contributed by atoms with Crippen molar-refractivity contribution in [3.63, 3.8) is 0 Å². The van der Waals surface area contributed by atoms with Crippen LogP contribution in [0.2, 0.25) is 0 Å². The molecule has 0 spiro atoms. The zero-order valence-corrected chi connectivity index (χ0v) is 11.1. The lowest BCUT2D eigenvalue weighted by molar-refractivity contribution is 0.400. The maximum absolute atomic E-state index is 13.7. The minimum Gasteiger partial charge on any atom is -0.497 e. The number of halogens is 1. The minimum atomic E-state index is -0.362. The number of para-hydroxylation sites is 1. The number of imidazole rings is 1. The van der Waals surface area contributed by atoms with Gasteiger partial charge in [-0.3, -0.25) is 4.57 Å². The Bertz CT molecular complexity index is 768. The summed E-state index contributed by atoms with van der Waals surface area (Å²) in [6.07, 6.45) is 0. The average molecular weight is 272 g/mol. The molecule has 0 aliphatic carbocycles. The summed E-state index contributed by atoms with van der Waals surface area (Å²) in [7, 11) is 3.37. The van der Waals surface area contributed by atoms with Gasteiger partial charge < -0.3 is 9.47 Å². The van der Waals surface area contributed by atoms with E-state index in [0.29, 0.717) is 28.5 Å². The third kappa shape index (κ3) is 2.07. The van der Waals surface area contributed by atoms with Crippen LogP contribution in [0.1, 0.15) is 0 Å². The number of ether oxygens (including phenoxy) is 2. The Labute approximate surface area is 115 Å². The first-order valence-electron chi connectivity index (χ1n) is 6.12. The topological polar surface area (TPSA) is 36.3 Å². The molecule has 1 aromatic heterocycles. The Kier molecular flexibility index (Phi) is 3.02. The number of rotatable bonds is 3. The average Bonchev–Trinajstić information content (AvgIpc) is 2.78. The van der Waals surface area contributed by atoms with Crippen LogP contribution < -0.4 is 9.47 Å². The van der Waals surface area contributed by atoms with Crippen molar-refractivity contribution in [2.75, 3.05) is 7.11 Å². The zero-order valence-electron chi connectivity index (χ0n) is 11.1. The highest BCUT2D eigenvalue weighted by molar-refractivity contribution is 5.77. The Morgan fingerprint density at radius 1 is 1.10 bits per heavy atom. The highest BCUT2D eigenvalue weighted by Gasteiger charge is 2.12. The van der Waals surface area contributed by atoms with Gasteiger partial charge in [-0.05, 0) is 24.3 Å². The number of aryl methyl sites for hydroxylation is 1. The summed E-state index contributed by atoms with van der Waals surface area (Å²) in [5.74, 6) is 0.911. The third-order valence-electron chi connectivity index (χ3n) is 3.07. The van der Waals surface area contributed by atoms with Gasteiger partial charge in [0.25, 0.3) is 0 Å². The monoisotopic (exact) mass is 272 g/mol. The maximum Gasteiger partial charge on any atom is 0.302 e. The maximum atomic E-state index is 13.7. The van der Waals surface area contributed by atoms with Gasteiger partial charge >= 0.3 is 6.01 Å². The molecule has 2 aromatic carbocycles. The largest absolute Gasteiger partial charge is 0.497 e.